The van der Waals surface area contributed by atoms with E-state index >= 15 is 0 Å². The number of ether oxygens (including phenoxy) is 1. The van der Waals surface area contributed by atoms with E-state index in [0.717, 1.165) is 12.2 Å². The molecule has 0 aromatic heterocycles. The largest absolute Gasteiger partial charge is 0.489 e. The lowest BCUT2D eigenvalue weighted by Crippen LogP contribution is -1.98. The van der Waals surface area contributed by atoms with Crippen molar-refractivity contribution in [1.29, 1.82) is 0 Å². The number of aryl methyl sites for hydroxylation is 1. The standard InChI is InChI=1S/C22H30O/c1-2-3-4-5-6-7-11-16-21-17-12-13-18-22(21)23-19-20-14-9-8-10-15-20/h8-10,12-15,17-18H,2-7,11,16,19H2,1H3. The van der Waals surface area contributed by atoms with Gasteiger partial charge in [-0.25, -0.2) is 0 Å². The minimum atomic E-state index is 0.648. The summed E-state index contributed by atoms with van der Waals surface area (Å²) in [6.07, 6.45) is 10.6. The molecule has 0 amide bonds. The van der Waals surface area contributed by atoms with Crippen LogP contribution < -0.4 is 4.74 Å². The van der Waals surface area contributed by atoms with E-state index in [2.05, 4.69) is 55.5 Å². The van der Waals surface area contributed by atoms with Crippen molar-refractivity contribution >= 4 is 0 Å². The molecule has 0 heterocycles. The zero-order valence-electron chi connectivity index (χ0n) is 14.5. The van der Waals surface area contributed by atoms with Gasteiger partial charge in [-0.3, -0.25) is 0 Å². The molecule has 23 heavy (non-hydrogen) atoms. The maximum absolute atomic E-state index is 6.03. The number of unbranched alkanes of at least 4 members (excludes halogenated alkanes) is 6. The summed E-state index contributed by atoms with van der Waals surface area (Å²) in [6.45, 7) is 2.92. The first-order valence-electron chi connectivity index (χ1n) is 9.15. The minimum Gasteiger partial charge on any atom is -0.489 e. The van der Waals surface area contributed by atoms with Gasteiger partial charge in [-0.05, 0) is 30.0 Å². The summed E-state index contributed by atoms with van der Waals surface area (Å²) in [6, 6.07) is 18.9. The molecule has 0 bridgehead atoms. The van der Waals surface area contributed by atoms with Gasteiger partial charge in [-0.2, -0.15) is 0 Å². The fraction of sp³-hybridized carbons (Fsp3) is 0.455. The predicted octanol–water partition coefficient (Wildman–Crippen LogP) is 6.56. The number of hydrogen-bond acceptors (Lipinski definition) is 1. The first-order valence-corrected chi connectivity index (χ1v) is 9.15. The molecule has 1 nitrogen and oxygen atoms in total. The van der Waals surface area contributed by atoms with Gasteiger partial charge in [-0.1, -0.05) is 94.0 Å². The number of benzene rings is 2. The summed E-state index contributed by atoms with van der Waals surface area (Å²) in [5.74, 6) is 1.04. The van der Waals surface area contributed by atoms with Gasteiger partial charge in [0.1, 0.15) is 12.4 Å². The van der Waals surface area contributed by atoms with Gasteiger partial charge in [0.25, 0.3) is 0 Å². The second kappa shape index (κ2) is 10.9. The first-order chi connectivity index (χ1) is 11.4. The van der Waals surface area contributed by atoms with Crippen molar-refractivity contribution in [1.82, 2.24) is 0 Å². The van der Waals surface area contributed by atoms with Crippen LogP contribution in [0.5, 0.6) is 5.75 Å². The molecule has 0 unspecified atom stereocenters. The maximum Gasteiger partial charge on any atom is 0.122 e. The molecule has 0 atom stereocenters. The summed E-state index contributed by atoms with van der Waals surface area (Å²) in [4.78, 5) is 0. The summed E-state index contributed by atoms with van der Waals surface area (Å²) < 4.78 is 6.03. The normalized spacial score (nSPS) is 10.7. The van der Waals surface area contributed by atoms with Gasteiger partial charge < -0.3 is 4.74 Å². The van der Waals surface area contributed by atoms with Crippen LogP contribution in [0.1, 0.15) is 63.0 Å². The Balaban J connectivity index is 1.74. The number of hydrogen-bond donors (Lipinski definition) is 0. The quantitative estimate of drug-likeness (QED) is 0.427. The van der Waals surface area contributed by atoms with Crippen molar-refractivity contribution < 1.29 is 4.74 Å². The van der Waals surface area contributed by atoms with Gasteiger partial charge in [0, 0.05) is 0 Å². The Hall–Kier alpha value is -1.76. The molecule has 2 rings (SSSR count). The Morgan fingerprint density at radius 3 is 2.13 bits per heavy atom. The maximum atomic E-state index is 6.03. The van der Waals surface area contributed by atoms with Crippen molar-refractivity contribution in [3.63, 3.8) is 0 Å². The van der Waals surface area contributed by atoms with Crippen LogP contribution in [0, 0.1) is 0 Å². The van der Waals surface area contributed by atoms with Crippen LogP contribution in [-0.2, 0) is 13.0 Å². The Bertz CT molecular complexity index is 533. The van der Waals surface area contributed by atoms with Crippen LogP contribution in [-0.4, -0.2) is 0 Å². The Kier molecular flexibility index (Phi) is 8.32. The lowest BCUT2D eigenvalue weighted by Gasteiger charge is -2.11. The van der Waals surface area contributed by atoms with Gasteiger partial charge in [0.2, 0.25) is 0 Å². The fourth-order valence-electron chi connectivity index (χ4n) is 2.86. The molecule has 0 N–H and O–H groups in total. The molecule has 0 saturated carbocycles. The van der Waals surface area contributed by atoms with Crippen molar-refractivity contribution in [3.8, 4) is 5.75 Å². The van der Waals surface area contributed by atoms with E-state index in [0.29, 0.717) is 6.61 Å². The first kappa shape index (κ1) is 17.6. The van der Waals surface area contributed by atoms with Crippen LogP contribution in [0.2, 0.25) is 0 Å². The highest BCUT2D eigenvalue weighted by molar-refractivity contribution is 5.33. The summed E-state index contributed by atoms with van der Waals surface area (Å²) in [7, 11) is 0. The fourth-order valence-corrected chi connectivity index (χ4v) is 2.86. The highest BCUT2D eigenvalue weighted by atomic mass is 16.5. The molecule has 0 fully saturated rings. The smallest absolute Gasteiger partial charge is 0.122 e. The molecule has 0 aliphatic carbocycles. The van der Waals surface area contributed by atoms with Gasteiger partial charge in [0.15, 0.2) is 0 Å². The molecule has 124 valence electrons. The number of para-hydroxylation sites is 1. The van der Waals surface area contributed by atoms with Gasteiger partial charge >= 0.3 is 0 Å². The molecule has 1 heteroatoms. The average molecular weight is 310 g/mol. The van der Waals surface area contributed by atoms with Crippen molar-refractivity contribution in [2.24, 2.45) is 0 Å². The minimum absolute atomic E-state index is 0.648. The predicted molar refractivity (Wildman–Crippen MR) is 98.9 cm³/mol. The van der Waals surface area contributed by atoms with E-state index in [9.17, 15) is 0 Å². The van der Waals surface area contributed by atoms with E-state index in [-0.39, 0.29) is 0 Å². The van der Waals surface area contributed by atoms with Crippen LogP contribution in [0.15, 0.2) is 54.6 Å². The van der Waals surface area contributed by atoms with Crippen molar-refractivity contribution in [3.05, 3.63) is 65.7 Å². The Labute approximate surface area is 141 Å². The number of rotatable bonds is 11. The topological polar surface area (TPSA) is 9.23 Å². The van der Waals surface area contributed by atoms with Crippen LogP contribution in [0.4, 0.5) is 0 Å². The third-order valence-corrected chi connectivity index (χ3v) is 4.26. The molecular formula is C22H30O. The van der Waals surface area contributed by atoms with Gasteiger partial charge in [-0.15, -0.1) is 0 Å². The lowest BCUT2D eigenvalue weighted by atomic mass is 10.0. The average Bonchev–Trinajstić information content (AvgIpc) is 2.61. The molecule has 0 saturated heterocycles. The lowest BCUT2D eigenvalue weighted by molar-refractivity contribution is 0.302. The highest BCUT2D eigenvalue weighted by Crippen LogP contribution is 2.22. The van der Waals surface area contributed by atoms with Crippen molar-refractivity contribution in [2.45, 2.75) is 64.9 Å². The molecule has 0 radical (unpaired) electrons. The Morgan fingerprint density at radius 2 is 1.35 bits per heavy atom. The molecular weight excluding hydrogens is 280 g/mol. The molecule has 2 aromatic carbocycles. The zero-order chi connectivity index (χ0) is 16.2. The second-order valence-electron chi connectivity index (χ2n) is 6.25. The third-order valence-electron chi connectivity index (χ3n) is 4.26. The van der Waals surface area contributed by atoms with E-state index in [4.69, 9.17) is 4.74 Å². The molecule has 0 spiro atoms. The molecule has 0 aliphatic rings. The summed E-state index contributed by atoms with van der Waals surface area (Å²) in [5, 5.41) is 0. The van der Waals surface area contributed by atoms with Crippen molar-refractivity contribution in [2.75, 3.05) is 0 Å². The van der Waals surface area contributed by atoms with Crippen LogP contribution in [0.25, 0.3) is 0 Å². The van der Waals surface area contributed by atoms with E-state index in [1.54, 1.807) is 0 Å². The zero-order valence-corrected chi connectivity index (χ0v) is 14.5. The summed E-state index contributed by atoms with van der Waals surface area (Å²) >= 11 is 0. The molecule has 2 aromatic rings. The highest BCUT2D eigenvalue weighted by Gasteiger charge is 2.03. The van der Waals surface area contributed by atoms with E-state index in [1.807, 2.05) is 6.07 Å². The SMILES string of the molecule is CCCCCCCCCc1ccccc1OCc1ccccc1. The second-order valence-corrected chi connectivity index (χ2v) is 6.25. The third kappa shape index (κ3) is 6.90. The van der Waals surface area contributed by atoms with Crippen LogP contribution in [0.3, 0.4) is 0 Å². The molecule has 0 aliphatic heterocycles. The summed E-state index contributed by atoms with van der Waals surface area (Å²) in [5.41, 5.74) is 2.57. The van der Waals surface area contributed by atoms with E-state index in [1.165, 1.54) is 56.1 Å². The van der Waals surface area contributed by atoms with E-state index < -0.39 is 0 Å². The monoisotopic (exact) mass is 310 g/mol. The van der Waals surface area contributed by atoms with Gasteiger partial charge in [0.05, 0.1) is 0 Å². The van der Waals surface area contributed by atoms with Crippen LogP contribution >= 0.6 is 0 Å². The Morgan fingerprint density at radius 1 is 0.696 bits per heavy atom.